The average molecular weight is 337 g/mol. The Morgan fingerprint density at radius 1 is 1.40 bits per heavy atom. The van der Waals surface area contributed by atoms with Crippen LogP contribution in [0.4, 0.5) is 5.82 Å². The lowest BCUT2D eigenvalue weighted by molar-refractivity contribution is -0.117. The van der Waals surface area contributed by atoms with E-state index in [-0.39, 0.29) is 5.91 Å². The summed E-state index contributed by atoms with van der Waals surface area (Å²) in [7, 11) is 0. The van der Waals surface area contributed by atoms with Crippen LogP contribution < -0.4 is 11.1 Å². The van der Waals surface area contributed by atoms with E-state index < -0.39 is 6.04 Å². The number of nitrogens with two attached hydrogens (primary N) is 1. The molecule has 0 fully saturated rings. The fourth-order valence-electron chi connectivity index (χ4n) is 1.79. The van der Waals surface area contributed by atoms with Gasteiger partial charge in [0.2, 0.25) is 5.91 Å². The van der Waals surface area contributed by atoms with E-state index >= 15 is 0 Å². The van der Waals surface area contributed by atoms with E-state index in [2.05, 4.69) is 26.3 Å². The number of carbonyl (C=O) groups excluding carboxylic acids is 1. The summed E-state index contributed by atoms with van der Waals surface area (Å²) in [5, 5.41) is 7.03. The second kappa shape index (κ2) is 6.67. The molecule has 0 radical (unpaired) electrons. The van der Waals surface area contributed by atoms with E-state index in [1.807, 2.05) is 31.2 Å². The molecule has 0 saturated carbocycles. The van der Waals surface area contributed by atoms with Crippen LogP contribution in [0.1, 0.15) is 19.8 Å². The zero-order valence-corrected chi connectivity index (χ0v) is 12.8. The maximum atomic E-state index is 11.8. The lowest BCUT2D eigenvalue weighted by atomic mass is 10.2. The first-order chi connectivity index (χ1) is 9.60. The molecule has 2 aromatic rings. The summed E-state index contributed by atoms with van der Waals surface area (Å²) in [5.74, 6) is 0.303. The van der Waals surface area contributed by atoms with Gasteiger partial charge in [0.25, 0.3) is 0 Å². The van der Waals surface area contributed by atoms with Gasteiger partial charge in [-0.3, -0.25) is 4.79 Å². The van der Waals surface area contributed by atoms with Gasteiger partial charge >= 0.3 is 0 Å². The summed E-state index contributed by atoms with van der Waals surface area (Å²) in [5.41, 5.74) is 6.68. The molecule has 1 aromatic carbocycles. The molecule has 1 atom stereocenters. The van der Waals surface area contributed by atoms with Crippen molar-refractivity contribution in [2.75, 3.05) is 5.32 Å². The Balaban J connectivity index is 2.05. The van der Waals surface area contributed by atoms with Crippen molar-refractivity contribution >= 4 is 27.7 Å². The molecule has 1 heterocycles. The van der Waals surface area contributed by atoms with Crippen molar-refractivity contribution in [3.05, 3.63) is 41.0 Å². The van der Waals surface area contributed by atoms with Gasteiger partial charge in [0.1, 0.15) is 0 Å². The monoisotopic (exact) mass is 336 g/mol. The summed E-state index contributed by atoms with van der Waals surface area (Å²) >= 11 is 3.39. The molecule has 6 heteroatoms. The Labute approximate surface area is 126 Å². The molecule has 106 valence electrons. The lowest BCUT2D eigenvalue weighted by Gasteiger charge is -2.09. The topological polar surface area (TPSA) is 72.9 Å². The second-order valence-electron chi connectivity index (χ2n) is 4.51. The first kappa shape index (κ1) is 14.7. The number of aromatic nitrogens is 2. The molecule has 5 nitrogen and oxygen atoms in total. The van der Waals surface area contributed by atoms with E-state index in [0.717, 1.165) is 16.6 Å². The molecule has 0 bridgehead atoms. The van der Waals surface area contributed by atoms with Gasteiger partial charge in [-0.2, -0.15) is 5.10 Å². The number of hydrogen-bond donors (Lipinski definition) is 2. The predicted molar refractivity (Wildman–Crippen MR) is 82.8 cm³/mol. The number of nitrogens with zero attached hydrogens (tertiary/aromatic N) is 2. The van der Waals surface area contributed by atoms with Crippen molar-refractivity contribution < 1.29 is 4.79 Å². The van der Waals surface area contributed by atoms with Crippen LogP contribution in [0.3, 0.4) is 0 Å². The van der Waals surface area contributed by atoms with E-state index in [4.69, 9.17) is 5.73 Å². The molecular weight excluding hydrogens is 320 g/mol. The zero-order valence-electron chi connectivity index (χ0n) is 11.2. The highest BCUT2D eigenvalue weighted by atomic mass is 79.9. The Hall–Kier alpha value is -1.66. The standard InChI is InChI=1S/C14H17BrN4O/c1-2-3-12(16)14(20)17-13-8-9-19(18-13)11-6-4-10(15)5-7-11/h4-9,12H,2-3,16H2,1H3,(H,17,18,20). The highest BCUT2D eigenvalue weighted by molar-refractivity contribution is 9.10. The maximum Gasteiger partial charge on any atom is 0.242 e. The van der Waals surface area contributed by atoms with Crippen LogP contribution in [0.5, 0.6) is 0 Å². The van der Waals surface area contributed by atoms with Gasteiger partial charge in [-0.15, -0.1) is 0 Å². The molecule has 1 unspecified atom stereocenters. The van der Waals surface area contributed by atoms with Crippen LogP contribution in [0.15, 0.2) is 41.0 Å². The van der Waals surface area contributed by atoms with Gasteiger partial charge in [-0.05, 0) is 30.7 Å². The summed E-state index contributed by atoms with van der Waals surface area (Å²) in [4.78, 5) is 11.8. The highest BCUT2D eigenvalue weighted by Crippen LogP contribution is 2.15. The van der Waals surface area contributed by atoms with Gasteiger partial charge in [-0.1, -0.05) is 29.3 Å². The third-order valence-corrected chi connectivity index (χ3v) is 3.40. The van der Waals surface area contributed by atoms with Gasteiger partial charge in [0.05, 0.1) is 11.7 Å². The SMILES string of the molecule is CCCC(N)C(=O)Nc1ccn(-c2ccc(Br)cc2)n1. The van der Waals surface area contributed by atoms with Gasteiger partial charge in [-0.25, -0.2) is 4.68 Å². The molecule has 0 spiro atoms. The minimum atomic E-state index is -0.488. The Morgan fingerprint density at radius 3 is 2.75 bits per heavy atom. The number of benzene rings is 1. The smallest absolute Gasteiger partial charge is 0.242 e. The largest absolute Gasteiger partial charge is 0.320 e. The first-order valence-electron chi connectivity index (χ1n) is 6.48. The van der Waals surface area contributed by atoms with Crippen LogP contribution in [-0.2, 0) is 4.79 Å². The van der Waals surface area contributed by atoms with Crippen molar-refractivity contribution in [3.8, 4) is 5.69 Å². The van der Waals surface area contributed by atoms with Crippen LogP contribution in [-0.4, -0.2) is 21.7 Å². The van der Waals surface area contributed by atoms with Gasteiger partial charge < -0.3 is 11.1 Å². The van der Waals surface area contributed by atoms with Crippen molar-refractivity contribution in [3.63, 3.8) is 0 Å². The molecule has 2 rings (SSSR count). The first-order valence-corrected chi connectivity index (χ1v) is 7.27. The maximum absolute atomic E-state index is 11.8. The van der Waals surface area contributed by atoms with E-state index in [0.29, 0.717) is 12.2 Å². The summed E-state index contributed by atoms with van der Waals surface area (Å²) in [6.07, 6.45) is 3.34. The number of nitrogens with one attached hydrogen (secondary N) is 1. The molecule has 1 amide bonds. The molecule has 1 aromatic heterocycles. The molecule has 0 aliphatic carbocycles. The quantitative estimate of drug-likeness (QED) is 0.881. The van der Waals surface area contributed by atoms with E-state index in [1.54, 1.807) is 16.9 Å². The number of rotatable bonds is 5. The Kier molecular flexibility index (Phi) is 4.92. The molecule has 20 heavy (non-hydrogen) atoms. The summed E-state index contributed by atoms with van der Waals surface area (Å²) < 4.78 is 2.71. The average Bonchev–Trinajstić information content (AvgIpc) is 2.88. The van der Waals surface area contributed by atoms with Crippen LogP contribution in [0.2, 0.25) is 0 Å². The van der Waals surface area contributed by atoms with Crippen molar-refractivity contribution in [2.45, 2.75) is 25.8 Å². The summed E-state index contributed by atoms with van der Waals surface area (Å²) in [6, 6.07) is 9.01. The Bertz CT molecular complexity index is 579. The second-order valence-corrected chi connectivity index (χ2v) is 5.42. The summed E-state index contributed by atoms with van der Waals surface area (Å²) in [6.45, 7) is 2.00. The number of carbonyl (C=O) groups is 1. The number of halogens is 1. The van der Waals surface area contributed by atoms with Gasteiger partial charge in [0, 0.05) is 16.7 Å². The molecule has 0 saturated heterocycles. The molecular formula is C14H17BrN4O. The third kappa shape index (κ3) is 3.68. The van der Waals surface area contributed by atoms with Gasteiger partial charge in [0.15, 0.2) is 5.82 Å². The van der Waals surface area contributed by atoms with Crippen molar-refractivity contribution in [2.24, 2.45) is 5.73 Å². The van der Waals surface area contributed by atoms with Crippen LogP contribution in [0.25, 0.3) is 5.69 Å². The molecule has 0 aliphatic rings. The third-order valence-electron chi connectivity index (χ3n) is 2.87. The van der Waals surface area contributed by atoms with E-state index in [1.165, 1.54) is 0 Å². The number of amides is 1. The van der Waals surface area contributed by atoms with Crippen molar-refractivity contribution in [1.82, 2.24) is 9.78 Å². The normalized spacial score (nSPS) is 12.2. The number of hydrogen-bond acceptors (Lipinski definition) is 3. The lowest BCUT2D eigenvalue weighted by Crippen LogP contribution is -2.35. The zero-order chi connectivity index (χ0) is 14.5. The minimum absolute atomic E-state index is 0.201. The highest BCUT2D eigenvalue weighted by Gasteiger charge is 2.13. The predicted octanol–water partition coefficient (Wildman–Crippen LogP) is 2.70. The minimum Gasteiger partial charge on any atom is -0.320 e. The molecule has 3 N–H and O–H groups in total. The van der Waals surface area contributed by atoms with Crippen molar-refractivity contribution in [1.29, 1.82) is 0 Å². The fourth-order valence-corrected chi connectivity index (χ4v) is 2.05. The van der Waals surface area contributed by atoms with Crippen LogP contribution in [0, 0.1) is 0 Å². The van der Waals surface area contributed by atoms with E-state index in [9.17, 15) is 4.79 Å². The number of anilines is 1. The fraction of sp³-hybridized carbons (Fsp3) is 0.286. The molecule has 0 aliphatic heterocycles. The Morgan fingerprint density at radius 2 is 2.10 bits per heavy atom. The van der Waals surface area contributed by atoms with Crippen LogP contribution >= 0.6 is 15.9 Å².